The van der Waals surface area contributed by atoms with E-state index in [1.54, 1.807) is 29.2 Å². The molecule has 2 aromatic heterocycles. The monoisotopic (exact) mass is 307 g/mol. The first-order valence-electron chi connectivity index (χ1n) is 7.27. The van der Waals surface area contributed by atoms with Crippen LogP contribution < -0.4 is 10.6 Å². The third kappa shape index (κ3) is 3.94. The molecule has 0 bridgehead atoms. The van der Waals surface area contributed by atoms with Crippen molar-refractivity contribution in [2.24, 2.45) is 0 Å². The number of aromatic nitrogens is 3. The molecular formula is C17H17N5O. The molecule has 0 fully saturated rings. The van der Waals surface area contributed by atoms with Crippen LogP contribution in [-0.4, -0.2) is 20.8 Å². The van der Waals surface area contributed by atoms with Crippen molar-refractivity contribution < 1.29 is 4.79 Å². The van der Waals surface area contributed by atoms with Crippen LogP contribution in [0.2, 0.25) is 0 Å². The van der Waals surface area contributed by atoms with Crippen molar-refractivity contribution in [2.75, 3.05) is 5.32 Å². The van der Waals surface area contributed by atoms with Gasteiger partial charge in [0.2, 0.25) is 0 Å². The van der Waals surface area contributed by atoms with Gasteiger partial charge >= 0.3 is 6.03 Å². The van der Waals surface area contributed by atoms with E-state index in [2.05, 4.69) is 20.7 Å². The van der Waals surface area contributed by atoms with E-state index in [0.29, 0.717) is 18.1 Å². The van der Waals surface area contributed by atoms with Crippen molar-refractivity contribution in [2.45, 2.75) is 13.5 Å². The molecule has 23 heavy (non-hydrogen) atoms. The lowest BCUT2D eigenvalue weighted by atomic mass is 10.1. The number of aryl methyl sites for hydroxylation is 1. The van der Waals surface area contributed by atoms with E-state index in [1.807, 2.05) is 43.5 Å². The van der Waals surface area contributed by atoms with E-state index in [1.165, 1.54) is 5.56 Å². The van der Waals surface area contributed by atoms with E-state index in [0.717, 1.165) is 5.56 Å². The number of amides is 2. The van der Waals surface area contributed by atoms with Gasteiger partial charge < -0.3 is 10.6 Å². The molecule has 2 heterocycles. The van der Waals surface area contributed by atoms with E-state index in [-0.39, 0.29) is 6.03 Å². The molecule has 0 radical (unpaired) electrons. The third-order valence-electron chi connectivity index (χ3n) is 3.32. The summed E-state index contributed by atoms with van der Waals surface area (Å²) in [6.45, 7) is 2.51. The van der Waals surface area contributed by atoms with Crippen LogP contribution in [0.1, 0.15) is 11.1 Å². The van der Waals surface area contributed by atoms with Gasteiger partial charge in [-0.15, -0.1) is 0 Å². The lowest BCUT2D eigenvalue weighted by Crippen LogP contribution is -2.28. The Morgan fingerprint density at radius 1 is 1.17 bits per heavy atom. The predicted octanol–water partition coefficient (Wildman–Crippen LogP) is 2.90. The summed E-state index contributed by atoms with van der Waals surface area (Å²) in [6, 6.07) is 13.2. The quantitative estimate of drug-likeness (QED) is 0.778. The highest BCUT2D eigenvalue weighted by Gasteiger charge is 2.03. The molecule has 116 valence electrons. The number of benzene rings is 1. The maximum Gasteiger partial charge on any atom is 0.319 e. The van der Waals surface area contributed by atoms with Crippen molar-refractivity contribution in [1.29, 1.82) is 0 Å². The van der Waals surface area contributed by atoms with Crippen LogP contribution in [0.25, 0.3) is 5.82 Å². The average molecular weight is 307 g/mol. The number of nitrogens with one attached hydrogen (secondary N) is 2. The van der Waals surface area contributed by atoms with Gasteiger partial charge in [-0.3, -0.25) is 0 Å². The SMILES string of the molecule is Cc1ccc(CNC(=O)Nc2ccc(-n3cccn3)nc2)cc1. The summed E-state index contributed by atoms with van der Waals surface area (Å²) in [4.78, 5) is 16.2. The molecule has 0 aliphatic heterocycles. The van der Waals surface area contributed by atoms with E-state index >= 15 is 0 Å². The second-order valence-electron chi connectivity index (χ2n) is 5.15. The summed E-state index contributed by atoms with van der Waals surface area (Å²) in [6.07, 6.45) is 5.10. The Morgan fingerprint density at radius 3 is 2.65 bits per heavy atom. The maximum atomic E-state index is 11.9. The highest BCUT2D eigenvalue weighted by Crippen LogP contribution is 2.09. The topological polar surface area (TPSA) is 71.8 Å². The standard InChI is InChI=1S/C17H17N5O/c1-13-3-5-14(6-4-13)11-19-17(23)21-15-7-8-16(18-12-15)22-10-2-9-20-22/h2-10,12H,11H2,1H3,(H2,19,21,23). The van der Waals surface area contributed by atoms with Crippen LogP contribution in [0.4, 0.5) is 10.5 Å². The van der Waals surface area contributed by atoms with Crippen molar-refractivity contribution in [3.05, 3.63) is 72.2 Å². The fourth-order valence-corrected chi connectivity index (χ4v) is 2.06. The van der Waals surface area contributed by atoms with Crippen molar-refractivity contribution >= 4 is 11.7 Å². The average Bonchev–Trinajstić information content (AvgIpc) is 3.09. The number of anilines is 1. The van der Waals surface area contributed by atoms with Gasteiger partial charge in [0.05, 0.1) is 11.9 Å². The first-order valence-corrected chi connectivity index (χ1v) is 7.27. The molecule has 6 heteroatoms. The largest absolute Gasteiger partial charge is 0.334 e. The molecule has 0 saturated carbocycles. The number of urea groups is 1. The Bertz CT molecular complexity index is 764. The van der Waals surface area contributed by atoms with Crippen LogP contribution in [0.5, 0.6) is 0 Å². The van der Waals surface area contributed by atoms with Gasteiger partial charge in [-0.25, -0.2) is 14.5 Å². The van der Waals surface area contributed by atoms with Gasteiger partial charge in [0.15, 0.2) is 5.82 Å². The number of rotatable bonds is 4. The van der Waals surface area contributed by atoms with Crippen molar-refractivity contribution in [3.63, 3.8) is 0 Å². The van der Waals surface area contributed by atoms with Crippen LogP contribution in [-0.2, 0) is 6.54 Å². The van der Waals surface area contributed by atoms with E-state index < -0.39 is 0 Å². The first kappa shape index (κ1) is 14.8. The summed E-state index contributed by atoms with van der Waals surface area (Å²) < 4.78 is 1.65. The molecule has 2 amide bonds. The second-order valence-corrected chi connectivity index (χ2v) is 5.15. The molecule has 0 aliphatic carbocycles. The Balaban J connectivity index is 1.54. The molecule has 3 rings (SSSR count). The lowest BCUT2D eigenvalue weighted by Gasteiger charge is -2.08. The molecule has 0 unspecified atom stereocenters. The Kier molecular flexibility index (Phi) is 4.33. The van der Waals surface area contributed by atoms with Gasteiger partial charge in [-0.05, 0) is 30.7 Å². The number of nitrogens with zero attached hydrogens (tertiary/aromatic N) is 3. The molecule has 0 aliphatic rings. The summed E-state index contributed by atoms with van der Waals surface area (Å²) in [7, 11) is 0. The zero-order chi connectivity index (χ0) is 16.1. The number of hydrogen-bond acceptors (Lipinski definition) is 3. The molecule has 6 nitrogen and oxygen atoms in total. The zero-order valence-corrected chi connectivity index (χ0v) is 12.7. The predicted molar refractivity (Wildman–Crippen MR) is 88.4 cm³/mol. The normalized spacial score (nSPS) is 10.3. The summed E-state index contributed by atoms with van der Waals surface area (Å²) >= 11 is 0. The van der Waals surface area contributed by atoms with E-state index in [4.69, 9.17) is 0 Å². The minimum atomic E-state index is -0.265. The highest BCUT2D eigenvalue weighted by molar-refractivity contribution is 5.89. The molecular weight excluding hydrogens is 290 g/mol. The van der Waals surface area contributed by atoms with Crippen LogP contribution >= 0.6 is 0 Å². The van der Waals surface area contributed by atoms with Crippen LogP contribution in [0.15, 0.2) is 61.1 Å². The second kappa shape index (κ2) is 6.74. The number of hydrogen-bond donors (Lipinski definition) is 2. The molecule has 1 aromatic carbocycles. The summed E-state index contributed by atoms with van der Waals surface area (Å²) in [5, 5.41) is 9.67. The number of pyridine rings is 1. The summed E-state index contributed by atoms with van der Waals surface area (Å²) in [5.74, 6) is 0.695. The lowest BCUT2D eigenvalue weighted by molar-refractivity contribution is 0.251. The van der Waals surface area contributed by atoms with E-state index in [9.17, 15) is 4.79 Å². The fraction of sp³-hybridized carbons (Fsp3) is 0.118. The first-order chi connectivity index (χ1) is 11.2. The van der Waals surface area contributed by atoms with Gasteiger partial charge in [0, 0.05) is 18.9 Å². The van der Waals surface area contributed by atoms with Gasteiger partial charge in [-0.1, -0.05) is 29.8 Å². The van der Waals surface area contributed by atoms with Crippen molar-refractivity contribution in [1.82, 2.24) is 20.1 Å². The van der Waals surface area contributed by atoms with Gasteiger partial charge in [-0.2, -0.15) is 5.10 Å². The molecule has 3 aromatic rings. The minimum absolute atomic E-state index is 0.265. The minimum Gasteiger partial charge on any atom is -0.334 e. The van der Waals surface area contributed by atoms with Crippen LogP contribution in [0.3, 0.4) is 0 Å². The fourth-order valence-electron chi connectivity index (χ4n) is 2.06. The highest BCUT2D eigenvalue weighted by atomic mass is 16.2. The Morgan fingerprint density at radius 2 is 2.00 bits per heavy atom. The molecule has 0 atom stereocenters. The Labute approximate surface area is 134 Å². The van der Waals surface area contributed by atoms with Gasteiger partial charge in [0.1, 0.15) is 0 Å². The maximum absolute atomic E-state index is 11.9. The molecule has 2 N–H and O–H groups in total. The third-order valence-corrected chi connectivity index (χ3v) is 3.32. The Hall–Kier alpha value is -3.15. The molecule has 0 spiro atoms. The number of carbonyl (C=O) groups is 1. The summed E-state index contributed by atoms with van der Waals surface area (Å²) in [5.41, 5.74) is 2.88. The zero-order valence-electron chi connectivity index (χ0n) is 12.7. The smallest absolute Gasteiger partial charge is 0.319 e. The number of carbonyl (C=O) groups excluding carboxylic acids is 1. The van der Waals surface area contributed by atoms with Gasteiger partial charge in [0.25, 0.3) is 0 Å². The molecule has 0 saturated heterocycles. The van der Waals surface area contributed by atoms with Crippen molar-refractivity contribution in [3.8, 4) is 5.82 Å². The van der Waals surface area contributed by atoms with Crippen LogP contribution in [0, 0.1) is 6.92 Å².